The molecule has 1 saturated heterocycles. The van der Waals surface area contributed by atoms with Crippen LogP contribution < -0.4 is 9.47 Å². The van der Waals surface area contributed by atoms with E-state index in [1.165, 1.54) is 7.11 Å². The molecule has 0 aliphatic carbocycles. The molecule has 0 unspecified atom stereocenters. The summed E-state index contributed by atoms with van der Waals surface area (Å²) in [6.07, 6.45) is 3.21. The number of carbonyl (C=O) groups excluding carboxylic acids is 1. The summed E-state index contributed by atoms with van der Waals surface area (Å²) < 4.78 is 11.1. The molecular formula is C16H15NO5S2. The average molecular weight is 365 g/mol. The van der Waals surface area contributed by atoms with E-state index in [4.69, 9.17) is 26.8 Å². The Balaban J connectivity index is 2.37. The predicted octanol–water partition coefficient (Wildman–Crippen LogP) is 2.55. The predicted molar refractivity (Wildman–Crippen MR) is 96.2 cm³/mol. The van der Waals surface area contributed by atoms with Crippen LogP contribution in [-0.4, -0.2) is 46.5 Å². The van der Waals surface area contributed by atoms with Gasteiger partial charge >= 0.3 is 5.97 Å². The van der Waals surface area contributed by atoms with Gasteiger partial charge in [0.25, 0.3) is 5.91 Å². The molecule has 24 heavy (non-hydrogen) atoms. The molecule has 1 heterocycles. The van der Waals surface area contributed by atoms with Crippen molar-refractivity contribution < 1.29 is 24.2 Å². The first kappa shape index (κ1) is 18.0. The topological polar surface area (TPSA) is 76.1 Å². The lowest BCUT2D eigenvalue weighted by Crippen LogP contribution is -2.33. The molecule has 0 aromatic heterocycles. The Kier molecular flexibility index (Phi) is 5.99. The van der Waals surface area contributed by atoms with Crippen LogP contribution >= 0.6 is 24.0 Å². The minimum absolute atomic E-state index is 0.213. The van der Waals surface area contributed by atoms with E-state index in [0.29, 0.717) is 22.0 Å². The van der Waals surface area contributed by atoms with E-state index in [1.54, 1.807) is 30.4 Å². The highest BCUT2D eigenvalue weighted by Crippen LogP contribution is 2.37. The molecule has 1 aromatic rings. The standard InChI is InChI=1S/C16H15NO5S2/c1-3-7-22-14-10(5-4-6-11(14)21-2)8-12-15(20)17(9-13(18)19)16(23)24-12/h3-6,8H,1,7,9H2,2H3,(H,18,19)/b12-8+. The van der Waals surface area contributed by atoms with Crippen molar-refractivity contribution in [1.82, 2.24) is 4.90 Å². The fourth-order valence-electron chi connectivity index (χ4n) is 2.02. The monoisotopic (exact) mass is 365 g/mol. The third-order valence-corrected chi connectivity index (χ3v) is 4.41. The van der Waals surface area contributed by atoms with Gasteiger partial charge in [-0.2, -0.15) is 0 Å². The molecule has 0 radical (unpaired) electrons. The van der Waals surface area contributed by atoms with Gasteiger partial charge in [0, 0.05) is 5.56 Å². The van der Waals surface area contributed by atoms with Crippen molar-refractivity contribution in [3.8, 4) is 11.5 Å². The number of ether oxygens (including phenoxy) is 2. The highest BCUT2D eigenvalue weighted by molar-refractivity contribution is 8.26. The number of amides is 1. The molecular weight excluding hydrogens is 350 g/mol. The van der Waals surface area contributed by atoms with E-state index in [0.717, 1.165) is 16.7 Å². The smallest absolute Gasteiger partial charge is 0.323 e. The third-order valence-electron chi connectivity index (χ3n) is 3.03. The molecule has 0 saturated carbocycles. The van der Waals surface area contributed by atoms with Crippen LogP contribution in [0.15, 0.2) is 35.8 Å². The zero-order valence-electron chi connectivity index (χ0n) is 12.9. The Morgan fingerprint density at radius 2 is 2.25 bits per heavy atom. The van der Waals surface area contributed by atoms with Crippen molar-refractivity contribution in [2.75, 3.05) is 20.3 Å². The van der Waals surface area contributed by atoms with Gasteiger partial charge in [0.05, 0.1) is 12.0 Å². The maximum Gasteiger partial charge on any atom is 0.323 e. The van der Waals surface area contributed by atoms with Gasteiger partial charge in [-0.15, -0.1) is 0 Å². The number of hydrogen-bond donors (Lipinski definition) is 1. The van der Waals surface area contributed by atoms with E-state index < -0.39 is 18.4 Å². The number of thioether (sulfide) groups is 1. The number of thiocarbonyl (C=S) groups is 1. The molecule has 1 fully saturated rings. The lowest BCUT2D eigenvalue weighted by Gasteiger charge is -2.12. The van der Waals surface area contributed by atoms with Crippen LogP contribution in [0, 0.1) is 0 Å². The zero-order chi connectivity index (χ0) is 17.7. The summed E-state index contributed by atoms with van der Waals surface area (Å²) in [6, 6.07) is 5.28. The number of nitrogens with zero attached hydrogens (tertiary/aromatic N) is 1. The molecule has 1 aromatic carbocycles. The maximum absolute atomic E-state index is 12.3. The van der Waals surface area contributed by atoms with Crippen LogP contribution in [0.1, 0.15) is 5.56 Å². The fourth-order valence-corrected chi connectivity index (χ4v) is 3.26. The molecule has 6 nitrogen and oxygen atoms in total. The van der Waals surface area contributed by atoms with Crippen LogP contribution in [0.25, 0.3) is 6.08 Å². The molecule has 2 rings (SSSR count). The minimum Gasteiger partial charge on any atom is -0.493 e. The van der Waals surface area contributed by atoms with E-state index in [-0.39, 0.29) is 10.9 Å². The fraction of sp³-hybridized carbons (Fsp3) is 0.188. The first-order chi connectivity index (χ1) is 11.5. The Bertz CT molecular complexity index is 729. The van der Waals surface area contributed by atoms with Gasteiger partial charge in [-0.1, -0.05) is 48.8 Å². The van der Waals surface area contributed by atoms with Crippen molar-refractivity contribution >= 4 is 46.3 Å². The van der Waals surface area contributed by atoms with Gasteiger partial charge in [-0.25, -0.2) is 0 Å². The van der Waals surface area contributed by atoms with E-state index in [2.05, 4.69) is 6.58 Å². The van der Waals surface area contributed by atoms with E-state index >= 15 is 0 Å². The lowest BCUT2D eigenvalue weighted by atomic mass is 10.1. The Hall–Kier alpha value is -2.32. The summed E-state index contributed by atoms with van der Waals surface area (Å²) in [4.78, 5) is 24.6. The minimum atomic E-state index is -1.12. The number of aliphatic carboxylic acids is 1. The summed E-state index contributed by atoms with van der Waals surface area (Å²) >= 11 is 6.13. The molecule has 1 N–H and O–H groups in total. The second kappa shape index (κ2) is 7.98. The summed E-state index contributed by atoms with van der Waals surface area (Å²) in [5, 5.41) is 8.87. The Morgan fingerprint density at radius 3 is 2.88 bits per heavy atom. The summed E-state index contributed by atoms with van der Waals surface area (Å²) in [5.74, 6) is -0.566. The number of carboxylic acids is 1. The molecule has 8 heteroatoms. The second-order valence-electron chi connectivity index (χ2n) is 4.64. The van der Waals surface area contributed by atoms with E-state index in [1.807, 2.05) is 0 Å². The highest BCUT2D eigenvalue weighted by atomic mass is 32.2. The summed E-state index contributed by atoms with van der Waals surface area (Å²) in [5.41, 5.74) is 0.632. The second-order valence-corrected chi connectivity index (χ2v) is 6.32. The number of para-hydroxylation sites is 1. The highest BCUT2D eigenvalue weighted by Gasteiger charge is 2.33. The zero-order valence-corrected chi connectivity index (χ0v) is 14.5. The molecule has 1 amide bonds. The number of carbonyl (C=O) groups is 2. The van der Waals surface area contributed by atoms with Gasteiger partial charge in [-0.3, -0.25) is 14.5 Å². The quantitative estimate of drug-likeness (QED) is 0.452. The Morgan fingerprint density at radius 1 is 1.50 bits per heavy atom. The molecule has 1 aliphatic heterocycles. The first-order valence-corrected chi connectivity index (χ1v) is 8.08. The average Bonchev–Trinajstić information content (AvgIpc) is 2.80. The number of carboxylic acid groups (broad SMARTS) is 1. The van der Waals surface area contributed by atoms with Crippen LogP contribution in [0.5, 0.6) is 11.5 Å². The third kappa shape index (κ3) is 3.95. The van der Waals surface area contributed by atoms with E-state index in [9.17, 15) is 9.59 Å². The summed E-state index contributed by atoms with van der Waals surface area (Å²) in [7, 11) is 1.52. The Labute approximate surface area is 148 Å². The summed E-state index contributed by atoms with van der Waals surface area (Å²) in [6.45, 7) is 3.43. The number of rotatable bonds is 7. The number of methoxy groups -OCH3 is 1. The lowest BCUT2D eigenvalue weighted by molar-refractivity contribution is -0.140. The van der Waals surface area contributed by atoms with Crippen molar-refractivity contribution in [2.45, 2.75) is 0 Å². The van der Waals surface area contributed by atoms with Crippen LogP contribution in [-0.2, 0) is 9.59 Å². The molecule has 1 aliphatic rings. The normalized spacial score (nSPS) is 15.7. The van der Waals surface area contributed by atoms with Gasteiger partial charge < -0.3 is 14.6 Å². The SMILES string of the molecule is C=CCOc1c(/C=C2/SC(=S)N(CC(=O)O)C2=O)cccc1OC. The molecule has 0 bridgehead atoms. The molecule has 0 spiro atoms. The van der Waals surface area contributed by atoms with Crippen LogP contribution in [0.3, 0.4) is 0 Å². The van der Waals surface area contributed by atoms with Gasteiger partial charge in [-0.05, 0) is 12.1 Å². The van der Waals surface area contributed by atoms with Gasteiger partial charge in [0.15, 0.2) is 11.5 Å². The number of benzene rings is 1. The van der Waals surface area contributed by atoms with Crippen LogP contribution in [0.2, 0.25) is 0 Å². The number of hydrogen-bond acceptors (Lipinski definition) is 6. The first-order valence-electron chi connectivity index (χ1n) is 6.85. The van der Waals surface area contributed by atoms with Crippen molar-refractivity contribution in [3.05, 3.63) is 41.3 Å². The largest absolute Gasteiger partial charge is 0.493 e. The van der Waals surface area contributed by atoms with Gasteiger partial charge in [0.2, 0.25) is 0 Å². The van der Waals surface area contributed by atoms with Crippen molar-refractivity contribution in [3.63, 3.8) is 0 Å². The molecule has 0 atom stereocenters. The van der Waals surface area contributed by atoms with Crippen molar-refractivity contribution in [1.29, 1.82) is 0 Å². The molecule has 126 valence electrons. The van der Waals surface area contributed by atoms with Crippen molar-refractivity contribution in [2.24, 2.45) is 0 Å². The maximum atomic E-state index is 12.3. The van der Waals surface area contributed by atoms with Crippen LogP contribution in [0.4, 0.5) is 0 Å². The van der Waals surface area contributed by atoms with Gasteiger partial charge in [0.1, 0.15) is 17.5 Å².